The largest absolute Gasteiger partial charge is 0.472 e. The minimum Gasteiger partial charge on any atom is -0.462 e. The number of hydrogen-bond donors (Lipinski definition) is 1. The summed E-state index contributed by atoms with van der Waals surface area (Å²) in [5, 5.41) is 0. The summed E-state index contributed by atoms with van der Waals surface area (Å²) in [5.74, 6) is -0.827. The van der Waals surface area contributed by atoms with Crippen molar-refractivity contribution in [2.45, 2.75) is 302 Å². The van der Waals surface area contributed by atoms with Crippen molar-refractivity contribution in [3.63, 3.8) is 0 Å². The second kappa shape index (κ2) is 70.9. The number of esters is 2. The molecule has 0 aromatic rings. The molecule has 0 bridgehead atoms. The predicted molar refractivity (Wildman–Crippen MR) is 399 cm³/mol. The lowest BCUT2D eigenvalue weighted by Crippen LogP contribution is -2.37. The van der Waals surface area contributed by atoms with Gasteiger partial charge in [-0.3, -0.25) is 18.6 Å². The van der Waals surface area contributed by atoms with Gasteiger partial charge in [0.15, 0.2) is 6.10 Å². The molecule has 0 saturated carbocycles. The van der Waals surface area contributed by atoms with Gasteiger partial charge in [-0.05, 0) is 122 Å². The van der Waals surface area contributed by atoms with Crippen LogP contribution in [0.4, 0.5) is 0 Å². The van der Waals surface area contributed by atoms with Crippen LogP contribution < -0.4 is 0 Å². The van der Waals surface area contributed by atoms with Gasteiger partial charge in [-0.2, -0.15) is 0 Å². The van der Waals surface area contributed by atoms with Gasteiger partial charge in [-0.15, -0.1) is 0 Å². The van der Waals surface area contributed by atoms with Gasteiger partial charge in [0.05, 0.1) is 27.7 Å². The van der Waals surface area contributed by atoms with Crippen molar-refractivity contribution in [3.05, 3.63) is 158 Å². The summed E-state index contributed by atoms with van der Waals surface area (Å²) in [5.41, 5.74) is 0. The van der Waals surface area contributed by atoms with Crippen LogP contribution in [-0.4, -0.2) is 74.9 Å². The van der Waals surface area contributed by atoms with Gasteiger partial charge in [0.2, 0.25) is 0 Å². The average Bonchev–Trinajstić information content (AvgIpc) is 2.14. The van der Waals surface area contributed by atoms with Crippen LogP contribution in [0.2, 0.25) is 0 Å². The Labute approximate surface area is 566 Å². The van der Waals surface area contributed by atoms with Crippen molar-refractivity contribution >= 4 is 19.8 Å². The lowest BCUT2D eigenvalue weighted by molar-refractivity contribution is -0.870. The van der Waals surface area contributed by atoms with Gasteiger partial charge in [-0.1, -0.05) is 320 Å². The number of carbonyl (C=O) groups excluding carboxylic acids is 2. The quantitative estimate of drug-likeness (QED) is 0.0211. The fourth-order valence-corrected chi connectivity index (χ4v) is 10.7. The first-order valence-corrected chi connectivity index (χ1v) is 38.7. The summed E-state index contributed by atoms with van der Waals surface area (Å²) in [4.78, 5) is 35.9. The fourth-order valence-electron chi connectivity index (χ4n) is 9.94. The van der Waals surface area contributed by atoms with Crippen molar-refractivity contribution in [1.82, 2.24) is 0 Å². The molecule has 92 heavy (non-hydrogen) atoms. The van der Waals surface area contributed by atoms with E-state index in [0.29, 0.717) is 17.4 Å². The van der Waals surface area contributed by atoms with Crippen LogP contribution in [0, 0.1) is 0 Å². The van der Waals surface area contributed by atoms with Crippen LogP contribution in [0.25, 0.3) is 0 Å². The van der Waals surface area contributed by atoms with Crippen molar-refractivity contribution in [3.8, 4) is 0 Å². The third-order valence-electron chi connectivity index (χ3n) is 15.6. The van der Waals surface area contributed by atoms with Gasteiger partial charge in [0.1, 0.15) is 19.8 Å². The molecule has 0 radical (unpaired) electrons. The number of unbranched alkanes of at least 4 members (excludes halogenated alkanes) is 27. The van der Waals surface area contributed by atoms with Crippen molar-refractivity contribution in [2.75, 3.05) is 47.5 Å². The number of phosphoric ester groups is 1. The highest BCUT2D eigenvalue weighted by molar-refractivity contribution is 7.47. The maximum atomic E-state index is 12.9. The van der Waals surface area contributed by atoms with E-state index >= 15 is 0 Å². The predicted octanol–water partition coefficient (Wildman–Crippen LogP) is 24.7. The molecule has 0 aromatic heterocycles. The van der Waals surface area contributed by atoms with E-state index in [0.717, 1.165) is 128 Å². The molecule has 2 unspecified atom stereocenters. The van der Waals surface area contributed by atoms with Crippen molar-refractivity contribution < 1.29 is 42.1 Å². The lowest BCUT2D eigenvalue weighted by Gasteiger charge is -2.24. The molecule has 9 nitrogen and oxygen atoms in total. The fraction of sp³-hybridized carbons (Fsp3) is 0.659. The smallest absolute Gasteiger partial charge is 0.462 e. The monoisotopic (exact) mass is 1300 g/mol. The molecule has 524 valence electrons. The van der Waals surface area contributed by atoms with E-state index in [1.807, 2.05) is 21.1 Å². The lowest BCUT2D eigenvalue weighted by atomic mass is 10.0. The zero-order chi connectivity index (χ0) is 66.9. The molecular weight excluding hydrogens is 1160 g/mol. The number of allylic oxidation sites excluding steroid dienone is 26. The van der Waals surface area contributed by atoms with Gasteiger partial charge in [0, 0.05) is 12.8 Å². The average molecular weight is 1300 g/mol. The minimum atomic E-state index is -4.41. The second-order valence-electron chi connectivity index (χ2n) is 25.6. The Morgan fingerprint density at radius 2 is 0.587 bits per heavy atom. The maximum absolute atomic E-state index is 12.9. The number of ether oxygens (including phenoxy) is 2. The number of hydrogen-bond acceptors (Lipinski definition) is 7. The molecule has 0 aliphatic heterocycles. The van der Waals surface area contributed by atoms with Crippen molar-refractivity contribution in [1.29, 1.82) is 0 Å². The molecule has 0 aromatic carbocycles. The Morgan fingerprint density at radius 1 is 0.337 bits per heavy atom. The second-order valence-corrected chi connectivity index (χ2v) is 27.0. The first kappa shape index (κ1) is 87.6. The first-order chi connectivity index (χ1) is 45.0. The van der Waals surface area contributed by atoms with Gasteiger partial charge in [-0.25, -0.2) is 4.57 Å². The summed E-state index contributed by atoms with van der Waals surface area (Å²) in [6.45, 7) is 4.18. The van der Waals surface area contributed by atoms with E-state index < -0.39 is 26.5 Å². The molecule has 0 saturated heterocycles. The van der Waals surface area contributed by atoms with E-state index in [4.69, 9.17) is 18.5 Å². The third-order valence-corrected chi connectivity index (χ3v) is 16.5. The van der Waals surface area contributed by atoms with Crippen LogP contribution >= 0.6 is 7.82 Å². The SMILES string of the molecule is CC/C=C\C/C=C\C/C=C\C/C=C\C/C=C\C/C=C\C/C=C\C/C=C\CCCCCCC(=O)OC(COC(=O)CCCCCCCCCCCCCCCCCCCCCCCCC/C=C\C/C=C\C/C=C\C/C=C\C/C=C\CC)COP(=O)(O)OCC[N+](C)(C)C. The van der Waals surface area contributed by atoms with Crippen LogP contribution in [-0.2, 0) is 32.7 Å². The molecule has 0 heterocycles. The minimum absolute atomic E-state index is 0.0199. The van der Waals surface area contributed by atoms with Gasteiger partial charge >= 0.3 is 19.8 Å². The Kier molecular flexibility index (Phi) is 67.6. The van der Waals surface area contributed by atoms with Crippen LogP contribution in [0.1, 0.15) is 296 Å². The normalized spacial score (nSPS) is 14.0. The summed E-state index contributed by atoms with van der Waals surface area (Å²) < 4.78 is 34.7. The molecule has 0 aliphatic carbocycles. The molecule has 0 fully saturated rings. The highest BCUT2D eigenvalue weighted by atomic mass is 31.2. The topological polar surface area (TPSA) is 108 Å². The van der Waals surface area contributed by atoms with E-state index in [9.17, 15) is 19.0 Å². The Hall–Kier alpha value is -4.37. The Balaban J connectivity index is 4.04. The van der Waals surface area contributed by atoms with E-state index in [-0.39, 0.29) is 32.0 Å². The van der Waals surface area contributed by atoms with Crippen LogP contribution in [0.15, 0.2) is 158 Å². The van der Waals surface area contributed by atoms with E-state index in [2.05, 4.69) is 172 Å². The number of nitrogens with zero attached hydrogens (tertiary/aromatic N) is 1. The number of carbonyl (C=O) groups is 2. The zero-order valence-electron chi connectivity index (χ0n) is 59.7. The third kappa shape index (κ3) is 74.7. The summed E-state index contributed by atoms with van der Waals surface area (Å²) in [6, 6.07) is 0. The van der Waals surface area contributed by atoms with Crippen LogP contribution in [0.3, 0.4) is 0 Å². The summed E-state index contributed by atoms with van der Waals surface area (Å²) in [7, 11) is 1.45. The maximum Gasteiger partial charge on any atom is 0.472 e. The number of rotatable bonds is 67. The first-order valence-electron chi connectivity index (χ1n) is 37.2. The molecule has 0 spiro atoms. The molecule has 2 atom stereocenters. The number of quaternary nitrogens is 1. The highest BCUT2D eigenvalue weighted by Gasteiger charge is 2.27. The molecule has 0 rings (SSSR count). The standard InChI is InChI=1S/C82H138NO8P/c1-6-8-10-12-14-16-18-20-22-24-26-28-30-32-34-36-37-38-39-40-41-42-43-44-45-47-48-50-52-54-56-58-60-62-64-66-68-70-72-74-81(84)88-78-80(79-90-92(86,87)89-77-76-83(3,4)5)91-82(85)75-73-71-69-67-65-63-61-59-57-55-53-51-49-46-35-33-31-29-27-25-23-21-19-17-15-13-11-9-7-2/h8-11,14-17,20-23,26-29,32-35,49,51,55,57,61,63,80H,6-7,12-13,18-19,24-25,30-31,36-48,50,52-54,56,58-60,62,64-79H2,1-5H3/p+1/b10-8-,11-9-,16-14-,17-15-,22-20-,23-21-,28-26-,29-27-,34-32-,35-33-,51-49-,57-55-,63-61-. The Bertz CT molecular complexity index is 2110. The Morgan fingerprint density at radius 3 is 0.870 bits per heavy atom. The van der Waals surface area contributed by atoms with Crippen LogP contribution in [0.5, 0.6) is 0 Å². The zero-order valence-corrected chi connectivity index (χ0v) is 60.6. The molecule has 0 aliphatic rings. The molecular formula is C82H139NO8P+. The summed E-state index contributed by atoms with van der Waals surface area (Å²) >= 11 is 0. The molecule has 0 amide bonds. The summed E-state index contributed by atoms with van der Waals surface area (Å²) in [6.07, 6.45) is 107. The number of likely N-dealkylation sites (N-methyl/N-ethyl adjacent to an activating group) is 1. The van der Waals surface area contributed by atoms with Gasteiger partial charge < -0.3 is 18.9 Å². The van der Waals surface area contributed by atoms with Gasteiger partial charge in [0.25, 0.3) is 0 Å². The molecule has 1 N–H and O–H groups in total. The van der Waals surface area contributed by atoms with E-state index in [1.165, 1.54) is 135 Å². The molecule has 10 heteroatoms. The van der Waals surface area contributed by atoms with E-state index in [1.54, 1.807) is 0 Å². The highest BCUT2D eigenvalue weighted by Crippen LogP contribution is 2.43. The number of phosphoric acid groups is 1. The van der Waals surface area contributed by atoms with Crippen molar-refractivity contribution in [2.24, 2.45) is 0 Å².